The number of hydrogen-bond donors (Lipinski definition) is 2. The lowest BCUT2D eigenvalue weighted by atomic mass is 10.2. The zero-order valence-corrected chi connectivity index (χ0v) is 14.3. The molecule has 0 unspecified atom stereocenters. The van der Waals surface area contributed by atoms with Gasteiger partial charge in [0.1, 0.15) is 10.8 Å². The molecule has 0 saturated heterocycles. The number of anilines is 1. The lowest BCUT2D eigenvalue weighted by molar-refractivity contribution is 0.0696. The molecule has 0 aromatic carbocycles. The molecule has 0 spiro atoms. The van der Waals surface area contributed by atoms with Crippen LogP contribution in [0.5, 0.6) is 5.88 Å². The molecule has 0 bridgehead atoms. The van der Waals surface area contributed by atoms with E-state index in [0.29, 0.717) is 21.7 Å². The smallest absolute Gasteiger partial charge is 0.337 e. The van der Waals surface area contributed by atoms with Gasteiger partial charge < -0.3 is 15.2 Å². The topological polar surface area (TPSA) is 101 Å². The Kier molecular flexibility index (Phi) is 5.75. The first-order chi connectivity index (χ1) is 11.4. The van der Waals surface area contributed by atoms with E-state index in [1.165, 1.54) is 43.3 Å². The van der Waals surface area contributed by atoms with Gasteiger partial charge in [0.05, 0.1) is 12.7 Å². The Hall–Kier alpha value is -2.61. The van der Waals surface area contributed by atoms with Crippen LogP contribution in [0, 0.1) is 0 Å². The number of carbonyl (C=O) groups is 2. The third kappa shape index (κ3) is 4.69. The van der Waals surface area contributed by atoms with Crippen LogP contribution in [0.2, 0.25) is 0 Å². The molecule has 0 saturated carbocycles. The van der Waals surface area contributed by atoms with E-state index in [0.717, 1.165) is 0 Å². The third-order valence-corrected chi connectivity index (χ3v) is 3.78. The van der Waals surface area contributed by atoms with E-state index in [1.807, 2.05) is 13.8 Å². The number of pyridine rings is 2. The third-order valence-electron chi connectivity index (χ3n) is 2.86. The molecule has 0 fully saturated rings. The number of carboxylic acids is 1. The van der Waals surface area contributed by atoms with Crippen molar-refractivity contribution in [2.24, 2.45) is 0 Å². The highest BCUT2D eigenvalue weighted by Crippen LogP contribution is 2.25. The second-order valence-electron chi connectivity index (χ2n) is 5.09. The van der Waals surface area contributed by atoms with Crippen molar-refractivity contribution in [1.82, 2.24) is 9.97 Å². The summed E-state index contributed by atoms with van der Waals surface area (Å²) >= 11 is 1.52. The minimum atomic E-state index is -1.07. The predicted octanol–water partition coefficient (Wildman–Crippen LogP) is 2.94. The van der Waals surface area contributed by atoms with E-state index < -0.39 is 5.97 Å². The molecule has 2 aromatic heterocycles. The van der Waals surface area contributed by atoms with Crippen LogP contribution >= 0.6 is 11.8 Å². The van der Waals surface area contributed by atoms with Gasteiger partial charge in [-0.3, -0.25) is 4.79 Å². The zero-order chi connectivity index (χ0) is 17.7. The van der Waals surface area contributed by atoms with Crippen LogP contribution in [0.4, 0.5) is 5.82 Å². The number of thioether (sulfide) groups is 1. The molecule has 2 heterocycles. The molecule has 8 heteroatoms. The van der Waals surface area contributed by atoms with E-state index >= 15 is 0 Å². The summed E-state index contributed by atoms with van der Waals surface area (Å²) in [6, 6.07) is 6.02. The van der Waals surface area contributed by atoms with Gasteiger partial charge in [-0.05, 0) is 18.2 Å². The minimum Gasteiger partial charge on any atom is -0.481 e. The van der Waals surface area contributed by atoms with Gasteiger partial charge in [0.25, 0.3) is 5.91 Å². The highest BCUT2D eigenvalue weighted by Gasteiger charge is 2.13. The number of nitrogens with one attached hydrogen (secondary N) is 1. The summed E-state index contributed by atoms with van der Waals surface area (Å²) in [7, 11) is 1.49. The summed E-state index contributed by atoms with van der Waals surface area (Å²) in [6.45, 7) is 4.05. The quantitative estimate of drug-likeness (QED) is 0.775. The number of carbonyl (C=O) groups excluding carboxylic acids is 1. The van der Waals surface area contributed by atoms with Gasteiger partial charge in [0.2, 0.25) is 5.88 Å². The van der Waals surface area contributed by atoms with Crippen molar-refractivity contribution >= 4 is 29.5 Å². The average Bonchev–Trinajstić information content (AvgIpc) is 2.54. The average molecular weight is 347 g/mol. The minimum absolute atomic E-state index is 0.0502. The summed E-state index contributed by atoms with van der Waals surface area (Å²) in [5, 5.41) is 12.5. The summed E-state index contributed by atoms with van der Waals surface area (Å²) in [6.07, 6.45) is 1.19. The SMILES string of the molecule is COc1cc(C(=O)Nc2ccc(C(=O)O)cn2)cc(SC(C)C)n1. The van der Waals surface area contributed by atoms with Crippen molar-refractivity contribution < 1.29 is 19.4 Å². The molecule has 2 N–H and O–H groups in total. The number of methoxy groups -OCH3 is 1. The number of hydrogen-bond acceptors (Lipinski definition) is 6. The van der Waals surface area contributed by atoms with Gasteiger partial charge in [-0.1, -0.05) is 13.8 Å². The van der Waals surface area contributed by atoms with Crippen LogP contribution in [-0.4, -0.2) is 39.3 Å². The number of ether oxygens (including phenoxy) is 1. The highest BCUT2D eigenvalue weighted by atomic mass is 32.2. The van der Waals surface area contributed by atoms with Crippen LogP contribution in [0.1, 0.15) is 34.6 Å². The summed E-state index contributed by atoms with van der Waals surface area (Å²) in [5.41, 5.74) is 0.434. The molecule has 2 aromatic rings. The van der Waals surface area contributed by atoms with Crippen LogP contribution in [0.25, 0.3) is 0 Å². The molecule has 1 amide bonds. The second kappa shape index (κ2) is 7.78. The maximum Gasteiger partial charge on any atom is 0.337 e. The normalized spacial score (nSPS) is 10.5. The molecule has 24 heavy (non-hydrogen) atoms. The number of amides is 1. The predicted molar refractivity (Wildman–Crippen MR) is 90.9 cm³/mol. The molecule has 7 nitrogen and oxygen atoms in total. The molecular weight excluding hydrogens is 330 g/mol. The Labute approximate surface area is 143 Å². The summed E-state index contributed by atoms with van der Waals surface area (Å²) < 4.78 is 5.13. The van der Waals surface area contributed by atoms with Crippen molar-refractivity contribution in [2.45, 2.75) is 24.1 Å². The Balaban J connectivity index is 2.20. The van der Waals surface area contributed by atoms with Gasteiger partial charge in [-0.25, -0.2) is 14.8 Å². The number of nitrogens with zero attached hydrogens (tertiary/aromatic N) is 2. The van der Waals surface area contributed by atoms with E-state index in [1.54, 1.807) is 6.07 Å². The lowest BCUT2D eigenvalue weighted by Gasteiger charge is -2.10. The number of aromatic carboxylic acids is 1. The first-order valence-electron chi connectivity index (χ1n) is 7.12. The molecule has 0 radical (unpaired) electrons. The van der Waals surface area contributed by atoms with Gasteiger partial charge >= 0.3 is 5.97 Å². The molecule has 0 aliphatic rings. The molecule has 2 rings (SSSR count). The second-order valence-corrected chi connectivity index (χ2v) is 6.69. The van der Waals surface area contributed by atoms with Crippen LogP contribution in [0.15, 0.2) is 35.5 Å². The Morgan fingerprint density at radius 1 is 1.25 bits per heavy atom. The van der Waals surface area contributed by atoms with E-state index in [4.69, 9.17) is 9.84 Å². The van der Waals surface area contributed by atoms with E-state index in [9.17, 15) is 9.59 Å². The van der Waals surface area contributed by atoms with E-state index in [2.05, 4.69) is 15.3 Å². The fraction of sp³-hybridized carbons (Fsp3) is 0.250. The lowest BCUT2D eigenvalue weighted by Crippen LogP contribution is -2.14. The fourth-order valence-electron chi connectivity index (χ4n) is 1.80. The van der Waals surface area contributed by atoms with Crippen molar-refractivity contribution in [2.75, 3.05) is 12.4 Å². The molecule has 0 aliphatic heterocycles. The Bertz CT molecular complexity index is 747. The summed E-state index contributed by atoms with van der Waals surface area (Å²) in [4.78, 5) is 31.4. The van der Waals surface area contributed by atoms with Crippen molar-refractivity contribution in [1.29, 1.82) is 0 Å². The zero-order valence-electron chi connectivity index (χ0n) is 13.4. The van der Waals surface area contributed by atoms with Gasteiger partial charge in [-0.2, -0.15) is 0 Å². The molecule has 0 aliphatic carbocycles. The maximum absolute atomic E-state index is 12.4. The largest absolute Gasteiger partial charge is 0.481 e. The van der Waals surface area contributed by atoms with Crippen molar-refractivity contribution in [3.8, 4) is 5.88 Å². The maximum atomic E-state index is 12.4. The number of carboxylic acid groups (broad SMARTS) is 1. The number of aromatic nitrogens is 2. The highest BCUT2D eigenvalue weighted by molar-refractivity contribution is 7.99. The van der Waals surface area contributed by atoms with Crippen molar-refractivity contribution in [3.05, 3.63) is 41.6 Å². The van der Waals surface area contributed by atoms with Crippen LogP contribution in [-0.2, 0) is 0 Å². The van der Waals surface area contributed by atoms with Gasteiger partial charge in [0, 0.05) is 23.1 Å². The summed E-state index contributed by atoms with van der Waals surface area (Å²) in [5.74, 6) is -0.842. The van der Waals surface area contributed by atoms with Crippen molar-refractivity contribution in [3.63, 3.8) is 0 Å². The molecule has 0 atom stereocenters. The Morgan fingerprint density at radius 2 is 2.00 bits per heavy atom. The number of rotatable bonds is 6. The fourth-order valence-corrected chi connectivity index (χ4v) is 2.62. The van der Waals surface area contributed by atoms with Gasteiger partial charge in [0.15, 0.2) is 0 Å². The first-order valence-corrected chi connectivity index (χ1v) is 8.00. The Morgan fingerprint density at radius 3 is 2.54 bits per heavy atom. The molecular formula is C16H17N3O4S. The standard InChI is InChI=1S/C16H17N3O4S/c1-9(2)24-14-7-11(6-13(19-14)23-3)15(20)18-12-5-4-10(8-17-12)16(21)22/h4-9H,1-3H3,(H,21,22)(H,17,18,20). The van der Waals surface area contributed by atoms with Crippen LogP contribution in [0.3, 0.4) is 0 Å². The molecule has 126 valence electrons. The van der Waals surface area contributed by atoms with E-state index in [-0.39, 0.29) is 17.3 Å². The monoisotopic (exact) mass is 347 g/mol. The van der Waals surface area contributed by atoms with Crippen LogP contribution < -0.4 is 10.1 Å². The first kappa shape index (κ1) is 17.7. The van der Waals surface area contributed by atoms with Gasteiger partial charge in [-0.15, -0.1) is 11.8 Å².